The highest BCUT2D eigenvalue weighted by Crippen LogP contribution is 2.26. The molecule has 0 aliphatic carbocycles. The standard InChI is InChI=1S/C14H18N2O2S/c1-2-17-12-5-3-4-6-13(12)18-8-7-14-16-11(9-15)10-19-14/h3-6,10H,2,7-9,15H2,1H3. The number of para-hydroxylation sites is 2. The second-order valence-corrected chi connectivity index (χ2v) is 4.86. The van der Waals surface area contributed by atoms with E-state index in [0.717, 1.165) is 28.6 Å². The van der Waals surface area contributed by atoms with Crippen molar-refractivity contribution in [3.8, 4) is 11.5 Å². The topological polar surface area (TPSA) is 57.4 Å². The molecule has 1 heterocycles. The molecule has 0 atom stereocenters. The Morgan fingerprint density at radius 1 is 1.21 bits per heavy atom. The van der Waals surface area contributed by atoms with E-state index in [2.05, 4.69) is 4.98 Å². The predicted molar refractivity (Wildman–Crippen MR) is 76.8 cm³/mol. The molecule has 0 fully saturated rings. The van der Waals surface area contributed by atoms with Gasteiger partial charge in [-0.2, -0.15) is 0 Å². The smallest absolute Gasteiger partial charge is 0.161 e. The van der Waals surface area contributed by atoms with Crippen molar-refractivity contribution >= 4 is 11.3 Å². The van der Waals surface area contributed by atoms with Crippen LogP contribution in [0.5, 0.6) is 11.5 Å². The van der Waals surface area contributed by atoms with E-state index >= 15 is 0 Å². The van der Waals surface area contributed by atoms with Crippen molar-refractivity contribution in [1.82, 2.24) is 4.98 Å². The summed E-state index contributed by atoms with van der Waals surface area (Å²) in [5.41, 5.74) is 6.47. The average Bonchev–Trinajstić information content (AvgIpc) is 2.89. The van der Waals surface area contributed by atoms with Gasteiger partial charge in [-0.15, -0.1) is 11.3 Å². The fourth-order valence-electron chi connectivity index (χ4n) is 1.65. The van der Waals surface area contributed by atoms with Gasteiger partial charge in [0.1, 0.15) is 0 Å². The van der Waals surface area contributed by atoms with Crippen LogP contribution in [0, 0.1) is 0 Å². The molecule has 0 aliphatic heterocycles. The van der Waals surface area contributed by atoms with Crippen LogP contribution in [0.4, 0.5) is 0 Å². The molecule has 0 spiro atoms. The lowest BCUT2D eigenvalue weighted by Crippen LogP contribution is -2.04. The molecule has 0 bridgehead atoms. The van der Waals surface area contributed by atoms with Gasteiger partial charge in [-0.25, -0.2) is 4.98 Å². The molecule has 2 aromatic rings. The minimum absolute atomic E-state index is 0.491. The summed E-state index contributed by atoms with van der Waals surface area (Å²) in [6, 6.07) is 7.70. The van der Waals surface area contributed by atoms with Crippen LogP contribution < -0.4 is 15.2 Å². The van der Waals surface area contributed by atoms with Crippen molar-refractivity contribution in [2.24, 2.45) is 5.73 Å². The van der Waals surface area contributed by atoms with E-state index in [1.807, 2.05) is 36.6 Å². The van der Waals surface area contributed by atoms with E-state index in [1.54, 1.807) is 11.3 Å². The summed E-state index contributed by atoms with van der Waals surface area (Å²) in [6.45, 7) is 3.67. The molecule has 102 valence electrons. The van der Waals surface area contributed by atoms with Crippen LogP contribution in [0.25, 0.3) is 0 Å². The third-order valence-electron chi connectivity index (χ3n) is 2.53. The van der Waals surface area contributed by atoms with Crippen molar-refractivity contribution in [1.29, 1.82) is 0 Å². The number of nitrogens with two attached hydrogens (primary N) is 1. The van der Waals surface area contributed by atoms with Crippen LogP contribution in [0.2, 0.25) is 0 Å². The highest BCUT2D eigenvalue weighted by molar-refractivity contribution is 7.09. The first kappa shape index (κ1) is 13.8. The van der Waals surface area contributed by atoms with Crippen LogP contribution in [0.15, 0.2) is 29.6 Å². The number of rotatable bonds is 7. The summed E-state index contributed by atoms with van der Waals surface area (Å²) in [4.78, 5) is 4.40. The average molecular weight is 278 g/mol. The molecule has 0 saturated heterocycles. The van der Waals surface area contributed by atoms with Crippen LogP contribution in [-0.2, 0) is 13.0 Å². The Kier molecular flexibility index (Phi) is 5.18. The normalized spacial score (nSPS) is 10.4. The van der Waals surface area contributed by atoms with E-state index < -0.39 is 0 Å². The van der Waals surface area contributed by atoms with E-state index in [1.165, 1.54) is 0 Å². The minimum atomic E-state index is 0.491. The number of ether oxygens (including phenoxy) is 2. The van der Waals surface area contributed by atoms with Crippen LogP contribution in [0.1, 0.15) is 17.6 Å². The van der Waals surface area contributed by atoms with Crippen molar-refractivity contribution in [2.45, 2.75) is 19.9 Å². The summed E-state index contributed by atoms with van der Waals surface area (Å²) < 4.78 is 11.3. The first-order valence-corrected chi connectivity index (χ1v) is 7.19. The Morgan fingerprint density at radius 3 is 2.58 bits per heavy atom. The number of nitrogens with zero attached hydrogens (tertiary/aromatic N) is 1. The molecular weight excluding hydrogens is 260 g/mol. The van der Waals surface area contributed by atoms with Gasteiger partial charge in [0.25, 0.3) is 0 Å². The van der Waals surface area contributed by atoms with E-state index in [4.69, 9.17) is 15.2 Å². The molecule has 0 amide bonds. The zero-order chi connectivity index (χ0) is 13.5. The molecule has 2 rings (SSSR count). The molecule has 0 saturated carbocycles. The fraction of sp³-hybridized carbons (Fsp3) is 0.357. The number of aromatic nitrogens is 1. The van der Waals surface area contributed by atoms with E-state index in [0.29, 0.717) is 19.8 Å². The highest BCUT2D eigenvalue weighted by Gasteiger charge is 2.05. The van der Waals surface area contributed by atoms with Crippen molar-refractivity contribution in [3.63, 3.8) is 0 Å². The number of hydrogen-bond acceptors (Lipinski definition) is 5. The van der Waals surface area contributed by atoms with Crippen LogP contribution in [0.3, 0.4) is 0 Å². The molecule has 5 heteroatoms. The predicted octanol–water partition coefficient (Wildman–Crippen LogP) is 2.62. The van der Waals surface area contributed by atoms with Gasteiger partial charge in [0, 0.05) is 18.3 Å². The summed E-state index contributed by atoms with van der Waals surface area (Å²) in [5, 5.41) is 3.04. The van der Waals surface area contributed by atoms with Gasteiger partial charge in [-0.05, 0) is 19.1 Å². The number of benzene rings is 1. The van der Waals surface area contributed by atoms with Gasteiger partial charge in [-0.3, -0.25) is 0 Å². The molecule has 19 heavy (non-hydrogen) atoms. The van der Waals surface area contributed by atoms with Gasteiger partial charge >= 0.3 is 0 Å². The third kappa shape index (κ3) is 3.94. The largest absolute Gasteiger partial charge is 0.490 e. The molecule has 1 aromatic heterocycles. The first-order chi connectivity index (χ1) is 9.33. The van der Waals surface area contributed by atoms with Crippen molar-refractivity contribution in [3.05, 3.63) is 40.3 Å². The lowest BCUT2D eigenvalue weighted by Gasteiger charge is -2.10. The van der Waals surface area contributed by atoms with E-state index in [9.17, 15) is 0 Å². The summed E-state index contributed by atoms with van der Waals surface area (Å²) in [6.07, 6.45) is 0.783. The Bertz CT molecular complexity index is 514. The van der Waals surface area contributed by atoms with Gasteiger partial charge in [0.2, 0.25) is 0 Å². The van der Waals surface area contributed by atoms with Crippen molar-refractivity contribution < 1.29 is 9.47 Å². The zero-order valence-corrected chi connectivity index (χ0v) is 11.8. The Hall–Kier alpha value is -1.59. The second kappa shape index (κ2) is 7.11. The molecule has 0 radical (unpaired) electrons. The summed E-state index contributed by atoms with van der Waals surface area (Å²) >= 11 is 1.62. The molecule has 1 aromatic carbocycles. The van der Waals surface area contributed by atoms with Gasteiger partial charge in [-0.1, -0.05) is 12.1 Å². The third-order valence-corrected chi connectivity index (χ3v) is 3.49. The minimum Gasteiger partial charge on any atom is -0.490 e. The second-order valence-electron chi connectivity index (χ2n) is 3.91. The number of thiazole rings is 1. The molecular formula is C14H18N2O2S. The maximum atomic E-state index is 5.75. The molecule has 0 aliphatic rings. The monoisotopic (exact) mass is 278 g/mol. The maximum Gasteiger partial charge on any atom is 0.161 e. The summed E-state index contributed by atoms with van der Waals surface area (Å²) in [5.74, 6) is 1.56. The lowest BCUT2D eigenvalue weighted by atomic mass is 10.3. The zero-order valence-electron chi connectivity index (χ0n) is 11.0. The van der Waals surface area contributed by atoms with Gasteiger partial charge < -0.3 is 15.2 Å². The van der Waals surface area contributed by atoms with Crippen LogP contribution in [-0.4, -0.2) is 18.2 Å². The Labute approximate surface area is 117 Å². The Morgan fingerprint density at radius 2 is 1.95 bits per heavy atom. The maximum absolute atomic E-state index is 5.75. The number of hydrogen-bond donors (Lipinski definition) is 1. The van der Waals surface area contributed by atoms with Crippen LogP contribution >= 0.6 is 11.3 Å². The quantitative estimate of drug-likeness (QED) is 0.846. The SMILES string of the molecule is CCOc1ccccc1OCCc1nc(CN)cs1. The molecule has 4 nitrogen and oxygen atoms in total. The fourth-order valence-corrected chi connectivity index (χ4v) is 2.44. The van der Waals surface area contributed by atoms with Gasteiger partial charge in [0.05, 0.1) is 23.9 Å². The summed E-state index contributed by atoms with van der Waals surface area (Å²) in [7, 11) is 0. The van der Waals surface area contributed by atoms with Gasteiger partial charge in [0.15, 0.2) is 11.5 Å². The van der Waals surface area contributed by atoms with E-state index in [-0.39, 0.29) is 0 Å². The highest BCUT2D eigenvalue weighted by atomic mass is 32.1. The van der Waals surface area contributed by atoms with Crippen molar-refractivity contribution in [2.75, 3.05) is 13.2 Å². The Balaban J connectivity index is 1.88. The molecule has 2 N–H and O–H groups in total. The lowest BCUT2D eigenvalue weighted by molar-refractivity contribution is 0.279. The first-order valence-electron chi connectivity index (χ1n) is 6.31. The molecule has 0 unspecified atom stereocenters.